The van der Waals surface area contributed by atoms with Crippen LogP contribution in [0.3, 0.4) is 0 Å². The molecule has 0 aliphatic carbocycles. The van der Waals surface area contributed by atoms with E-state index < -0.39 is 10.9 Å². The van der Waals surface area contributed by atoms with E-state index in [1.807, 2.05) is 0 Å². The summed E-state index contributed by atoms with van der Waals surface area (Å²) < 4.78 is 4.55. The first kappa shape index (κ1) is 14.4. The summed E-state index contributed by atoms with van der Waals surface area (Å²) in [4.78, 5) is 29.7. The summed E-state index contributed by atoms with van der Waals surface area (Å²) in [5.74, 6) is -0.270. The highest BCUT2D eigenvalue weighted by atomic mass is 16.6. The number of nitrogens with one attached hydrogen (secondary N) is 1. The van der Waals surface area contributed by atoms with E-state index in [0.717, 1.165) is 0 Å². The van der Waals surface area contributed by atoms with Crippen molar-refractivity contribution < 1.29 is 14.5 Å². The molecule has 8 heteroatoms. The third-order valence-electron chi connectivity index (χ3n) is 2.68. The minimum absolute atomic E-state index is 0.0158. The molecule has 1 aromatic heterocycles. The molecule has 8 nitrogen and oxygen atoms in total. The molecule has 2 rings (SSSR count). The summed E-state index contributed by atoms with van der Waals surface area (Å²) in [7, 11) is 1.25. The Kier molecular flexibility index (Phi) is 4.39. The number of rotatable bonds is 5. The fraction of sp³-hybridized carbons (Fsp3) is 0.154. The molecule has 0 saturated carbocycles. The minimum atomic E-state index is -0.600. The van der Waals surface area contributed by atoms with Gasteiger partial charge in [-0.1, -0.05) is 18.2 Å². The molecule has 0 atom stereocenters. The van der Waals surface area contributed by atoms with Crippen molar-refractivity contribution in [2.45, 2.75) is 6.54 Å². The third-order valence-corrected chi connectivity index (χ3v) is 2.68. The molecule has 2 aromatic rings. The number of aromatic nitrogens is 2. The first-order chi connectivity index (χ1) is 10.1. The molecule has 0 saturated heterocycles. The van der Waals surface area contributed by atoms with E-state index in [1.165, 1.54) is 25.6 Å². The predicted molar refractivity (Wildman–Crippen MR) is 73.8 cm³/mol. The van der Waals surface area contributed by atoms with E-state index in [1.54, 1.807) is 18.2 Å². The molecular formula is C13H12N4O4. The number of nitrogens with zero attached hydrogens (tertiary/aromatic N) is 3. The van der Waals surface area contributed by atoms with E-state index in [9.17, 15) is 14.9 Å². The largest absolute Gasteiger partial charge is 0.464 e. The summed E-state index contributed by atoms with van der Waals surface area (Å²) in [6.45, 7) is 0.191. The zero-order valence-electron chi connectivity index (χ0n) is 11.1. The second-order valence-corrected chi connectivity index (χ2v) is 4.02. The molecule has 0 fully saturated rings. The number of benzene rings is 1. The quantitative estimate of drug-likeness (QED) is 0.507. The van der Waals surface area contributed by atoms with Crippen molar-refractivity contribution in [1.29, 1.82) is 0 Å². The fourth-order valence-electron chi connectivity index (χ4n) is 1.68. The molecule has 0 amide bonds. The molecule has 0 aliphatic rings. The van der Waals surface area contributed by atoms with Crippen LogP contribution in [0.4, 0.5) is 11.5 Å². The van der Waals surface area contributed by atoms with Crippen molar-refractivity contribution in [3.63, 3.8) is 0 Å². The van der Waals surface area contributed by atoms with Gasteiger partial charge in [0.1, 0.15) is 5.82 Å². The number of nitro groups is 1. The molecule has 108 valence electrons. The van der Waals surface area contributed by atoms with Gasteiger partial charge in [-0.2, -0.15) is 0 Å². The average Bonchev–Trinajstić information content (AvgIpc) is 2.52. The molecule has 0 bridgehead atoms. The molecule has 1 heterocycles. The van der Waals surface area contributed by atoms with E-state index in [-0.39, 0.29) is 17.9 Å². The van der Waals surface area contributed by atoms with Crippen LogP contribution in [-0.4, -0.2) is 28.0 Å². The number of esters is 1. The Hall–Kier alpha value is -3.03. The SMILES string of the molecule is COC(=O)c1cncc(NCc2ccccc2[N+](=O)[O-])n1. The summed E-state index contributed by atoms with van der Waals surface area (Å²) in [5, 5.41) is 13.8. The van der Waals surface area contributed by atoms with Gasteiger partial charge in [0.05, 0.1) is 24.4 Å². The smallest absolute Gasteiger partial charge is 0.358 e. The summed E-state index contributed by atoms with van der Waals surface area (Å²) >= 11 is 0. The van der Waals surface area contributed by atoms with Crippen LogP contribution in [0.5, 0.6) is 0 Å². The zero-order valence-corrected chi connectivity index (χ0v) is 11.1. The number of ether oxygens (including phenoxy) is 1. The van der Waals surface area contributed by atoms with Crippen LogP contribution in [0, 0.1) is 10.1 Å². The van der Waals surface area contributed by atoms with Gasteiger partial charge in [-0.25, -0.2) is 9.78 Å². The Labute approximate surface area is 120 Å². The Morgan fingerprint density at radius 1 is 1.38 bits per heavy atom. The number of hydrogen-bond donors (Lipinski definition) is 1. The summed E-state index contributed by atoms with van der Waals surface area (Å²) in [6, 6.07) is 6.37. The van der Waals surface area contributed by atoms with E-state index in [0.29, 0.717) is 11.4 Å². The Morgan fingerprint density at radius 2 is 2.14 bits per heavy atom. The van der Waals surface area contributed by atoms with Crippen molar-refractivity contribution in [3.8, 4) is 0 Å². The topological polar surface area (TPSA) is 107 Å². The zero-order chi connectivity index (χ0) is 15.2. The maximum absolute atomic E-state index is 11.3. The number of methoxy groups -OCH3 is 1. The molecule has 0 aliphatic heterocycles. The van der Waals surface area contributed by atoms with Gasteiger partial charge in [0.2, 0.25) is 0 Å². The summed E-state index contributed by atoms with van der Waals surface area (Å²) in [5.41, 5.74) is 0.583. The lowest BCUT2D eigenvalue weighted by atomic mass is 10.2. The van der Waals surface area contributed by atoms with Gasteiger partial charge >= 0.3 is 5.97 Å². The molecule has 1 aromatic carbocycles. The highest BCUT2D eigenvalue weighted by molar-refractivity contribution is 5.87. The molecule has 0 unspecified atom stereocenters. The Morgan fingerprint density at radius 3 is 2.86 bits per heavy atom. The van der Waals surface area contributed by atoms with Crippen LogP contribution in [-0.2, 0) is 11.3 Å². The van der Waals surface area contributed by atoms with Crippen molar-refractivity contribution in [3.05, 3.63) is 58.0 Å². The predicted octanol–water partition coefficient (Wildman–Crippen LogP) is 1.78. The monoisotopic (exact) mass is 288 g/mol. The van der Waals surface area contributed by atoms with Gasteiger partial charge in [0.25, 0.3) is 5.69 Å². The first-order valence-corrected chi connectivity index (χ1v) is 5.98. The summed E-state index contributed by atoms with van der Waals surface area (Å²) in [6.07, 6.45) is 2.70. The number of carbonyl (C=O) groups is 1. The van der Waals surface area contributed by atoms with Gasteiger partial charge in [-0.15, -0.1) is 0 Å². The highest BCUT2D eigenvalue weighted by Gasteiger charge is 2.13. The highest BCUT2D eigenvalue weighted by Crippen LogP contribution is 2.18. The third kappa shape index (κ3) is 3.50. The Balaban J connectivity index is 2.14. The Bertz CT molecular complexity index is 675. The lowest BCUT2D eigenvalue weighted by Crippen LogP contribution is -2.09. The van der Waals surface area contributed by atoms with Crippen LogP contribution < -0.4 is 5.32 Å². The van der Waals surface area contributed by atoms with Crippen LogP contribution in [0.25, 0.3) is 0 Å². The fourth-order valence-corrected chi connectivity index (χ4v) is 1.68. The second kappa shape index (κ2) is 6.42. The van der Waals surface area contributed by atoms with Crippen molar-refractivity contribution >= 4 is 17.5 Å². The first-order valence-electron chi connectivity index (χ1n) is 5.98. The number of nitro benzene ring substituents is 1. The van der Waals surface area contributed by atoms with Crippen molar-refractivity contribution in [2.75, 3.05) is 12.4 Å². The van der Waals surface area contributed by atoms with E-state index >= 15 is 0 Å². The maximum atomic E-state index is 11.3. The molecule has 0 radical (unpaired) electrons. The van der Waals surface area contributed by atoms with Crippen LogP contribution in [0.2, 0.25) is 0 Å². The molecule has 0 spiro atoms. The number of hydrogen-bond acceptors (Lipinski definition) is 7. The normalized spacial score (nSPS) is 9.95. The molecule has 1 N–H and O–H groups in total. The van der Waals surface area contributed by atoms with Crippen LogP contribution >= 0.6 is 0 Å². The van der Waals surface area contributed by atoms with E-state index in [2.05, 4.69) is 20.0 Å². The number of para-hydroxylation sites is 1. The molecule has 21 heavy (non-hydrogen) atoms. The lowest BCUT2D eigenvalue weighted by molar-refractivity contribution is -0.385. The molecular weight excluding hydrogens is 276 g/mol. The number of carbonyl (C=O) groups excluding carboxylic acids is 1. The van der Waals surface area contributed by atoms with Crippen molar-refractivity contribution in [2.24, 2.45) is 0 Å². The average molecular weight is 288 g/mol. The van der Waals surface area contributed by atoms with Crippen LogP contribution in [0.15, 0.2) is 36.7 Å². The van der Waals surface area contributed by atoms with Gasteiger partial charge < -0.3 is 10.1 Å². The van der Waals surface area contributed by atoms with Gasteiger partial charge in [0.15, 0.2) is 5.69 Å². The van der Waals surface area contributed by atoms with Gasteiger partial charge in [-0.05, 0) is 0 Å². The standard InChI is InChI=1S/C13H12N4O4/c1-21-13(18)10-7-14-8-12(16-10)15-6-9-4-2-3-5-11(9)17(19)20/h2-5,7-8H,6H2,1H3,(H,15,16). The lowest BCUT2D eigenvalue weighted by Gasteiger charge is -2.06. The van der Waals surface area contributed by atoms with Crippen LogP contribution in [0.1, 0.15) is 16.1 Å². The maximum Gasteiger partial charge on any atom is 0.358 e. The number of anilines is 1. The minimum Gasteiger partial charge on any atom is -0.464 e. The van der Waals surface area contributed by atoms with E-state index in [4.69, 9.17) is 0 Å². The van der Waals surface area contributed by atoms with Gasteiger partial charge in [-0.3, -0.25) is 15.1 Å². The van der Waals surface area contributed by atoms with Gasteiger partial charge in [0, 0.05) is 18.2 Å². The van der Waals surface area contributed by atoms with Crippen molar-refractivity contribution in [1.82, 2.24) is 9.97 Å². The second-order valence-electron chi connectivity index (χ2n) is 4.02.